The van der Waals surface area contributed by atoms with Crippen LogP contribution in [0.4, 0.5) is 4.39 Å². The van der Waals surface area contributed by atoms with Crippen LogP contribution in [0, 0.1) is 12.7 Å². The Balaban J connectivity index is 2.39. The summed E-state index contributed by atoms with van der Waals surface area (Å²) in [6, 6.07) is 9.76. The second-order valence-corrected chi connectivity index (χ2v) is 3.76. The monoisotopic (exact) mass is 216 g/mol. The fraction of sp³-hybridized carbons (Fsp3) is 0.154. The largest absolute Gasteiger partial charge is 0.319 e. The van der Waals surface area contributed by atoms with Gasteiger partial charge >= 0.3 is 0 Å². The first-order chi connectivity index (χ1) is 7.68. The summed E-state index contributed by atoms with van der Waals surface area (Å²) in [5, 5.41) is 0. The standard InChI is InChI=1S/C13H13FN2/c1-9-6-7-16-12(8-9)13(15)10-4-2-3-5-11(10)14/h2-8,13H,15H2,1H3. The van der Waals surface area contributed by atoms with E-state index in [1.165, 1.54) is 6.07 Å². The van der Waals surface area contributed by atoms with Crippen LogP contribution in [0.3, 0.4) is 0 Å². The Hall–Kier alpha value is -1.74. The van der Waals surface area contributed by atoms with Gasteiger partial charge in [0.05, 0.1) is 11.7 Å². The van der Waals surface area contributed by atoms with Crippen molar-refractivity contribution in [2.24, 2.45) is 5.73 Å². The molecule has 2 nitrogen and oxygen atoms in total. The normalized spacial score (nSPS) is 12.4. The third-order valence-corrected chi connectivity index (χ3v) is 2.50. The summed E-state index contributed by atoms with van der Waals surface area (Å²) in [4.78, 5) is 4.17. The number of aromatic nitrogens is 1. The molecule has 0 aliphatic carbocycles. The minimum absolute atomic E-state index is 0.293. The fourth-order valence-corrected chi connectivity index (χ4v) is 1.62. The predicted molar refractivity (Wildman–Crippen MR) is 61.4 cm³/mol. The molecule has 1 atom stereocenters. The Bertz CT molecular complexity index is 497. The zero-order valence-electron chi connectivity index (χ0n) is 9.02. The van der Waals surface area contributed by atoms with E-state index in [-0.39, 0.29) is 5.82 Å². The number of hydrogen-bond donors (Lipinski definition) is 1. The Morgan fingerprint density at radius 3 is 2.69 bits per heavy atom. The molecular weight excluding hydrogens is 203 g/mol. The maximum atomic E-state index is 13.5. The quantitative estimate of drug-likeness (QED) is 0.838. The molecule has 1 unspecified atom stereocenters. The number of benzene rings is 1. The number of hydrogen-bond acceptors (Lipinski definition) is 2. The van der Waals surface area contributed by atoms with Crippen LogP contribution in [-0.2, 0) is 0 Å². The van der Waals surface area contributed by atoms with Gasteiger partial charge in [0.1, 0.15) is 5.82 Å². The first-order valence-corrected chi connectivity index (χ1v) is 5.11. The van der Waals surface area contributed by atoms with Crippen LogP contribution in [-0.4, -0.2) is 4.98 Å². The zero-order valence-corrected chi connectivity index (χ0v) is 9.02. The van der Waals surface area contributed by atoms with Gasteiger partial charge in [0.25, 0.3) is 0 Å². The van der Waals surface area contributed by atoms with Crippen molar-refractivity contribution in [2.45, 2.75) is 13.0 Å². The SMILES string of the molecule is Cc1ccnc(C(N)c2ccccc2F)c1. The maximum Gasteiger partial charge on any atom is 0.128 e. The molecule has 1 heterocycles. The molecule has 82 valence electrons. The number of halogens is 1. The van der Waals surface area contributed by atoms with E-state index in [1.807, 2.05) is 19.1 Å². The van der Waals surface area contributed by atoms with E-state index in [0.717, 1.165) is 5.56 Å². The van der Waals surface area contributed by atoms with Crippen molar-refractivity contribution in [1.82, 2.24) is 4.98 Å². The van der Waals surface area contributed by atoms with E-state index in [1.54, 1.807) is 24.4 Å². The van der Waals surface area contributed by atoms with Crippen LogP contribution in [0.2, 0.25) is 0 Å². The predicted octanol–water partition coefficient (Wildman–Crippen LogP) is 2.58. The Morgan fingerprint density at radius 1 is 1.25 bits per heavy atom. The third-order valence-electron chi connectivity index (χ3n) is 2.50. The highest BCUT2D eigenvalue weighted by molar-refractivity contribution is 5.29. The molecule has 1 aromatic carbocycles. The molecule has 0 radical (unpaired) electrons. The van der Waals surface area contributed by atoms with Crippen LogP contribution >= 0.6 is 0 Å². The molecule has 1 aromatic heterocycles. The smallest absolute Gasteiger partial charge is 0.128 e. The Morgan fingerprint density at radius 2 is 2.00 bits per heavy atom. The van der Waals surface area contributed by atoms with Gasteiger partial charge < -0.3 is 5.73 Å². The molecule has 2 aromatic rings. The summed E-state index contributed by atoms with van der Waals surface area (Å²) in [7, 11) is 0. The summed E-state index contributed by atoms with van der Waals surface area (Å²) in [5.41, 5.74) is 8.21. The lowest BCUT2D eigenvalue weighted by Gasteiger charge is -2.12. The molecule has 0 amide bonds. The van der Waals surface area contributed by atoms with Crippen molar-refractivity contribution in [1.29, 1.82) is 0 Å². The summed E-state index contributed by atoms with van der Waals surface area (Å²) in [6.07, 6.45) is 1.69. The van der Waals surface area contributed by atoms with Gasteiger partial charge in [-0.3, -0.25) is 4.98 Å². The highest BCUT2D eigenvalue weighted by Gasteiger charge is 2.13. The maximum absolute atomic E-state index is 13.5. The Labute approximate surface area is 93.9 Å². The van der Waals surface area contributed by atoms with Crippen LogP contribution in [0.25, 0.3) is 0 Å². The van der Waals surface area contributed by atoms with E-state index in [2.05, 4.69) is 4.98 Å². The van der Waals surface area contributed by atoms with Gasteiger partial charge in [-0.05, 0) is 30.7 Å². The molecule has 3 heteroatoms. The van der Waals surface area contributed by atoms with Gasteiger partial charge in [-0.1, -0.05) is 18.2 Å². The van der Waals surface area contributed by atoms with E-state index in [0.29, 0.717) is 11.3 Å². The van der Waals surface area contributed by atoms with Crippen molar-refractivity contribution in [3.8, 4) is 0 Å². The first kappa shape index (κ1) is 10.8. The topological polar surface area (TPSA) is 38.9 Å². The summed E-state index contributed by atoms with van der Waals surface area (Å²) in [5.74, 6) is -0.293. The third kappa shape index (κ3) is 2.09. The second-order valence-electron chi connectivity index (χ2n) is 3.76. The van der Waals surface area contributed by atoms with Crippen LogP contribution in [0.5, 0.6) is 0 Å². The lowest BCUT2D eigenvalue weighted by Crippen LogP contribution is -2.15. The highest BCUT2D eigenvalue weighted by atomic mass is 19.1. The average molecular weight is 216 g/mol. The Kier molecular flexibility index (Phi) is 2.97. The lowest BCUT2D eigenvalue weighted by atomic mass is 10.0. The number of nitrogens with two attached hydrogens (primary N) is 1. The second kappa shape index (κ2) is 4.41. The number of nitrogens with zero attached hydrogens (tertiary/aromatic N) is 1. The first-order valence-electron chi connectivity index (χ1n) is 5.11. The molecule has 0 aliphatic rings. The summed E-state index contributed by atoms with van der Waals surface area (Å²) < 4.78 is 13.5. The van der Waals surface area contributed by atoms with Crippen LogP contribution in [0.15, 0.2) is 42.6 Å². The van der Waals surface area contributed by atoms with Crippen molar-refractivity contribution in [2.75, 3.05) is 0 Å². The number of rotatable bonds is 2. The van der Waals surface area contributed by atoms with Crippen LogP contribution in [0.1, 0.15) is 22.9 Å². The summed E-state index contributed by atoms with van der Waals surface area (Å²) >= 11 is 0. The van der Waals surface area contributed by atoms with E-state index >= 15 is 0 Å². The zero-order chi connectivity index (χ0) is 11.5. The molecule has 0 aliphatic heterocycles. The molecule has 2 rings (SSSR count). The molecule has 0 saturated heterocycles. The fourth-order valence-electron chi connectivity index (χ4n) is 1.62. The molecule has 0 bridgehead atoms. The number of pyridine rings is 1. The van der Waals surface area contributed by atoms with Crippen molar-refractivity contribution < 1.29 is 4.39 Å². The van der Waals surface area contributed by atoms with E-state index < -0.39 is 6.04 Å². The highest BCUT2D eigenvalue weighted by Crippen LogP contribution is 2.20. The molecule has 0 saturated carbocycles. The molecule has 0 spiro atoms. The van der Waals surface area contributed by atoms with Gasteiger partial charge in [-0.15, -0.1) is 0 Å². The van der Waals surface area contributed by atoms with Gasteiger partial charge in [0, 0.05) is 11.8 Å². The lowest BCUT2D eigenvalue weighted by molar-refractivity contribution is 0.597. The molecule has 0 fully saturated rings. The molecular formula is C13H13FN2. The van der Waals surface area contributed by atoms with Crippen molar-refractivity contribution >= 4 is 0 Å². The van der Waals surface area contributed by atoms with Crippen LogP contribution < -0.4 is 5.73 Å². The minimum Gasteiger partial charge on any atom is -0.319 e. The van der Waals surface area contributed by atoms with Crippen molar-refractivity contribution in [3.63, 3.8) is 0 Å². The van der Waals surface area contributed by atoms with E-state index in [9.17, 15) is 4.39 Å². The molecule has 2 N–H and O–H groups in total. The van der Waals surface area contributed by atoms with Gasteiger partial charge in [0.15, 0.2) is 0 Å². The van der Waals surface area contributed by atoms with Gasteiger partial charge in [-0.25, -0.2) is 4.39 Å². The van der Waals surface area contributed by atoms with E-state index in [4.69, 9.17) is 5.73 Å². The summed E-state index contributed by atoms with van der Waals surface area (Å²) in [6.45, 7) is 1.96. The average Bonchev–Trinajstić information content (AvgIpc) is 2.29. The van der Waals surface area contributed by atoms with Gasteiger partial charge in [-0.2, -0.15) is 0 Å². The van der Waals surface area contributed by atoms with Crippen molar-refractivity contribution in [3.05, 3.63) is 65.2 Å². The minimum atomic E-state index is -0.513. The number of aryl methyl sites for hydroxylation is 1. The molecule has 16 heavy (non-hydrogen) atoms. The van der Waals surface area contributed by atoms with Gasteiger partial charge in [0.2, 0.25) is 0 Å².